The predicted octanol–water partition coefficient (Wildman–Crippen LogP) is -0.846. The highest BCUT2D eigenvalue weighted by atomic mass is 16.6. The van der Waals surface area contributed by atoms with E-state index in [9.17, 15) is 24.0 Å². The maximum absolute atomic E-state index is 12.2. The van der Waals surface area contributed by atoms with Gasteiger partial charge in [0, 0.05) is 0 Å². The fourth-order valence-corrected chi connectivity index (χ4v) is 1.73. The van der Waals surface area contributed by atoms with Gasteiger partial charge in [0.2, 0.25) is 0 Å². The van der Waals surface area contributed by atoms with Crippen molar-refractivity contribution in [3.05, 3.63) is 11.6 Å². The SMILES string of the molecule is COC(=O)CC(C=C(C(=O)OC)C(=O)OC)(C(=O)OC)C(=O)OC. The van der Waals surface area contributed by atoms with Crippen LogP contribution in [0.2, 0.25) is 0 Å². The molecule has 0 spiro atoms. The number of carbonyl (C=O) groups is 5. The smallest absolute Gasteiger partial charge is 0.345 e. The lowest BCUT2D eigenvalue weighted by Crippen LogP contribution is -2.43. The molecule has 0 aromatic rings. The van der Waals surface area contributed by atoms with E-state index in [1.54, 1.807) is 0 Å². The molecule has 0 heterocycles. The lowest BCUT2D eigenvalue weighted by Gasteiger charge is -2.24. The van der Waals surface area contributed by atoms with Crippen LogP contribution in [0.25, 0.3) is 0 Å². The molecule has 0 saturated heterocycles. The van der Waals surface area contributed by atoms with Crippen molar-refractivity contribution in [2.75, 3.05) is 35.5 Å². The Labute approximate surface area is 137 Å². The molecule has 0 atom stereocenters. The molecule has 0 aliphatic rings. The maximum Gasteiger partial charge on any atom is 0.345 e. The Morgan fingerprint density at radius 2 is 1.12 bits per heavy atom. The average molecular weight is 346 g/mol. The van der Waals surface area contributed by atoms with Crippen molar-refractivity contribution in [2.24, 2.45) is 5.41 Å². The Bertz CT molecular complexity index is 526. The van der Waals surface area contributed by atoms with Crippen LogP contribution in [-0.2, 0) is 47.7 Å². The molecule has 0 N–H and O–H groups in total. The molecule has 10 nitrogen and oxygen atoms in total. The Morgan fingerprint density at radius 3 is 1.42 bits per heavy atom. The normalized spacial score (nSPS) is 10.0. The van der Waals surface area contributed by atoms with Crippen molar-refractivity contribution >= 4 is 29.8 Å². The zero-order valence-electron chi connectivity index (χ0n) is 13.9. The molecule has 0 saturated carbocycles. The average Bonchev–Trinajstić information content (AvgIpc) is 2.61. The molecule has 0 unspecified atom stereocenters. The van der Waals surface area contributed by atoms with Crippen molar-refractivity contribution < 1.29 is 47.7 Å². The third-order valence-corrected chi connectivity index (χ3v) is 2.95. The molecule has 0 amide bonds. The Balaban J connectivity index is 6.51. The fraction of sp³-hybridized carbons (Fsp3) is 0.500. The highest BCUT2D eigenvalue weighted by Crippen LogP contribution is 2.30. The zero-order valence-corrected chi connectivity index (χ0v) is 13.9. The van der Waals surface area contributed by atoms with E-state index in [1.807, 2.05) is 0 Å². The fourth-order valence-electron chi connectivity index (χ4n) is 1.73. The summed E-state index contributed by atoms with van der Waals surface area (Å²) >= 11 is 0. The minimum absolute atomic E-state index is 0.610. The van der Waals surface area contributed by atoms with Crippen molar-refractivity contribution in [3.63, 3.8) is 0 Å². The summed E-state index contributed by atoms with van der Waals surface area (Å²) in [7, 11) is 4.85. The molecular weight excluding hydrogens is 328 g/mol. The minimum atomic E-state index is -2.44. The van der Waals surface area contributed by atoms with Crippen molar-refractivity contribution in [3.8, 4) is 0 Å². The molecule has 0 aliphatic carbocycles. The summed E-state index contributed by atoms with van der Waals surface area (Å²) < 4.78 is 22.3. The number of hydrogen-bond donors (Lipinski definition) is 0. The van der Waals surface area contributed by atoms with Crippen LogP contribution in [-0.4, -0.2) is 65.4 Å². The summed E-state index contributed by atoms with van der Waals surface area (Å²) in [4.78, 5) is 59.5. The van der Waals surface area contributed by atoms with Crippen LogP contribution in [0.15, 0.2) is 11.6 Å². The molecule has 0 fully saturated rings. The number of esters is 5. The molecule has 0 bridgehead atoms. The lowest BCUT2D eigenvalue weighted by molar-refractivity contribution is -0.169. The van der Waals surface area contributed by atoms with Gasteiger partial charge in [-0.2, -0.15) is 0 Å². The van der Waals surface area contributed by atoms with Gasteiger partial charge in [-0.05, 0) is 6.08 Å². The number of hydrogen-bond acceptors (Lipinski definition) is 10. The van der Waals surface area contributed by atoms with E-state index in [0.29, 0.717) is 6.08 Å². The van der Waals surface area contributed by atoms with Crippen LogP contribution >= 0.6 is 0 Å². The Hall–Kier alpha value is -2.91. The number of methoxy groups -OCH3 is 5. The zero-order chi connectivity index (χ0) is 18.9. The second-order valence-corrected chi connectivity index (χ2v) is 4.25. The van der Waals surface area contributed by atoms with E-state index >= 15 is 0 Å². The monoisotopic (exact) mass is 346 g/mol. The van der Waals surface area contributed by atoms with Crippen LogP contribution in [0.4, 0.5) is 0 Å². The number of ether oxygens (including phenoxy) is 5. The lowest BCUT2D eigenvalue weighted by atomic mass is 9.82. The first-order valence-corrected chi connectivity index (χ1v) is 6.37. The summed E-state index contributed by atoms with van der Waals surface area (Å²) in [5.74, 6) is -5.86. The van der Waals surface area contributed by atoms with Crippen LogP contribution in [0.5, 0.6) is 0 Å². The highest BCUT2D eigenvalue weighted by molar-refractivity contribution is 6.16. The van der Waals surface area contributed by atoms with E-state index in [4.69, 9.17) is 0 Å². The molecule has 10 heteroatoms. The van der Waals surface area contributed by atoms with E-state index in [2.05, 4.69) is 23.7 Å². The molecule has 0 radical (unpaired) electrons. The molecular formula is C14H18O10. The quantitative estimate of drug-likeness (QED) is 0.189. The van der Waals surface area contributed by atoms with Gasteiger partial charge >= 0.3 is 29.8 Å². The second-order valence-electron chi connectivity index (χ2n) is 4.25. The Kier molecular flexibility index (Phi) is 8.15. The van der Waals surface area contributed by atoms with Gasteiger partial charge in [-0.15, -0.1) is 0 Å². The number of carbonyl (C=O) groups excluding carboxylic acids is 5. The predicted molar refractivity (Wildman–Crippen MR) is 75.2 cm³/mol. The van der Waals surface area contributed by atoms with E-state index in [-0.39, 0.29) is 0 Å². The summed E-state index contributed by atoms with van der Waals surface area (Å²) in [5, 5.41) is 0. The molecule has 0 aromatic heterocycles. The van der Waals surface area contributed by atoms with E-state index in [1.165, 1.54) is 0 Å². The molecule has 0 aromatic carbocycles. The largest absolute Gasteiger partial charge is 0.469 e. The third-order valence-electron chi connectivity index (χ3n) is 2.95. The van der Waals surface area contributed by atoms with Crippen molar-refractivity contribution in [1.29, 1.82) is 0 Å². The van der Waals surface area contributed by atoms with Crippen molar-refractivity contribution in [1.82, 2.24) is 0 Å². The van der Waals surface area contributed by atoms with Gasteiger partial charge in [-0.3, -0.25) is 14.4 Å². The highest BCUT2D eigenvalue weighted by Gasteiger charge is 2.50. The first kappa shape index (κ1) is 21.1. The molecule has 0 rings (SSSR count). The van der Waals surface area contributed by atoms with Crippen LogP contribution in [0.3, 0.4) is 0 Å². The standard InChI is InChI=1S/C14H18O10/c1-20-9(15)7-14(12(18)23-4,13(19)24-5)6-8(10(16)21-2)11(17)22-3/h6H,7H2,1-5H3. The summed E-state index contributed by atoms with van der Waals surface area (Å²) in [6.07, 6.45) is -0.264. The van der Waals surface area contributed by atoms with Gasteiger partial charge in [-0.25, -0.2) is 9.59 Å². The summed E-state index contributed by atoms with van der Waals surface area (Å²) in [6, 6.07) is 0. The van der Waals surface area contributed by atoms with E-state index < -0.39 is 47.3 Å². The first-order chi connectivity index (χ1) is 11.2. The first-order valence-electron chi connectivity index (χ1n) is 6.37. The van der Waals surface area contributed by atoms with Crippen molar-refractivity contribution in [2.45, 2.75) is 6.42 Å². The third kappa shape index (κ3) is 4.54. The second kappa shape index (κ2) is 9.28. The van der Waals surface area contributed by atoms with Crippen LogP contribution in [0, 0.1) is 5.41 Å². The molecule has 0 aliphatic heterocycles. The van der Waals surface area contributed by atoms with Gasteiger partial charge < -0.3 is 23.7 Å². The molecule has 24 heavy (non-hydrogen) atoms. The van der Waals surface area contributed by atoms with Crippen LogP contribution < -0.4 is 0 Å². The van der Waals surface area contributed by atoms with E-state index in [0.717, 1.165) is 35.5 Å². The Morgan fingerprint density at radius 1 is 0.708 bits per heavy atom. The van der Waals surface area contributed by atoms with Gasteiger partial charge in [0.15, 0.2) is 5.41 Å². The topological polar surface area (TPSA) is 132 Å². The number of rotatable bonds is 7. The molecule has 134 valence electrons. The van der Waals surface area contributed by atoms with Gasteiger partial charge in [0.05, 0.1) is 42.0 Å². The summed E-state index contributed by atoms with van der Waals surface area (Å²) in [5.41, 5.74) is -3.23. The maximum atomic E-state index is 12.2. The minimum Gasteiger partial charge on any atom is -0.469 e. The van der Waals surface area contributed by atoms with Gasteiger partial charge in [0.1, 0.15) is 5.57 Å². The van der Waals surface area contributed by atoms with Gasteiger partial charge in [0.25, 0.3) is 0 Å². The van der Waals surface area contributed by atoms with Gasteiger partial charge in [-0.1, -0.05) is 0 Å². The van der Waals surface area contributed by atoms with Crippen LogP contribution in [0.1, 0.15) is 6.42 Å². The summed E-state index contributed by atoms with van der Waals surface area (Å²) in [6.45, 7) is 0.